The van der Waals surface area contributed by atoms with Crippen molar-refractivity contribution in [2.45, 2.75) is 4.90 Å². The highest BCUT2D eigenvalue weighted by molar-refractivity contribution is 8.26. The first-order valence-corrected chi connectivity index (χ1v) is 10.7. The number of amides is 1. The number of carbonyl (C=O) groups is 1. The molecule has 7 nitrogen and oxygen atoms in total. The summed E-state index contributed by atoms with van der Waals surface area (Å²) in [5.41, 5.74) is 3.97. The monoisotopic (exact) mass is 431 g/mol. The maximum atomic E-state index is 12.8. The van der Waals surface area contributed by atoms with Crippen molar-refractivity contribution < 1.29 is 17.9 Å². The summed E-state index contributed by atoms with van der Waals surface area (Å²) in [6, 6.07) is 13.6. The first kappa shape index (κ1) is 18.7. The number of methoxy groups -OCH3 is 1. The zero-order valence-electron chi connectivity index (χ0n) is 14.4. The van der Waals surface area contributed by atoms with Crippen molar-refractivity contribution in [2.75, 3.05) is 7.11 Å². The van der Waals surface area contributed by atoms with E-state index in [1.54, 1.807) is 43.5 Å². The van der Waals surface area contributed by atoms with Crippen LogP contribution in [0.3, 0.4) is 0 Å². The van der Waals surface area contributed by atoms with E-state index < -0.39 is 10.0 Å². The van der Waals surface area contributed by atoms with Crippen molar-refractivity contribution in [3.63, 3.8) is 0 Å². The predicted octanol–water partition coefficient (Wildman–Crippen LogP) is 2.55. The maximum Gasteiger partial charge on any atom is 0.285 e. The highest BCUT2D eigenvalue weighted by atomic mass is 32.2. The molecule has 4 rings (SSSR count). The molecule has 1 amide bonds. The van der Waals surface area contributed by atoms with E-state index in [0.29, 0.717) is 16.2 Å². The molecule has 2 aromatic rings. The Balaban J connectivity index is 1.59. The number of hydrogen-bond acceptors (Lipinski definition) is 7. The van der Waals surface area contributed by atoms with Gasteiger partial charge in [0.05, 0.1) is 12.0 Å². The van der Waals surface area contributed by atoms with E-state index in [9.17, 15) is 13.2 Å². The number of rotatable bonds is 3. The van der Waals surface area contributed by atoms with Gasteiger partial charge in [-0.2, -0.15) is 13.4 Å². The average molecular weight is 432 g/mol. The summed E-state index contributed by atoms with van der Waals surface area (Å²) in [6.45, 7) is 0. The Morgan fingerprint density at radius 1 is 1.18 bits per heavy atom. The normalized spacial score (nSPS) is 19.0. The number of nitrogens with one attached hydrogen (secondary N) is 1. The zero-order valence-corrected chi connectivity index (χ0v) is 16.9. The standard InChI is InChI=1S/C18H13N3O4S3/c1-25-12-8-6-11(7-9-12)10-14-17(22)21(18(26)27-14)19-16-13-4-2-3-5-15(13)28(23,24)20-16/h2-10H,1H3,(H,19,20). The molecule has 0 saturated carbocycles. The summed E-state index contributed by atoms with van der Waals surface area (Å²) in [6.07, 6.45) is 1.71. The molecule has 0 atom stereocenters. The summed E-state index contributed by atoms with van der Waals surface area (Å²) < 4.78 is 33.4. The number of fused-ring (bicyclic) bond motifs is 1. The number of ether oxygens (including phenoxy) is 1. The number of thiocarbonyl (C=S) groups is 1. The van der Waals surface area contributed by atoms with Gasteiger partial charge in [-0.3, -0.25) is 10.2 Å². The van der Waals surface area contributed by atoms with Crippen LogP contribution in [0, 0.1) is 0 Å². The summed E-state index contributed by atoms with van der Waals surface area (Å²) >= 11 is 6.40. The topological polar surface area (TPSA) is 88.1 Å². The van der Waals surface area contributed by atoms with Gasteiger partial charge in [-0.1, -0.05) is 36.0 Å². The molecule has 1 N–H and O–H groups in total. The van der Waals surface area contributed by atoms with E-state index in [-0.39, 0.29) is 21.0 Å². The number of thioether (sulfide) groups is 1. The summed E-state index contributed by atoms with van der Waals surface area (Å²) in [5, 5.41) is 1.13. The minimum Gasteiger partial charge on any atom is -0.497 e. The van der Waals surface area contributed by atoms with Crippen LogP contribution in [-0.4, -0.2) is 36.6 Å². The van der Waals surface area contributed by atoms with Crippen LogP contribution in [0.25, 0.3) is 6.08 Å². The Morgan fingerprint density at radius 2 is 1.89 bits per heavy atom. The molecule has 1 fully saturated rings. The average Bonchev–Trinajstić information content (AvgIpc) is 3.10. The fraction of sp³-hybridized carbons (Fsp3) is 0.0556. The zero-order chi connectivity index (χ0) is 19.9. The molecular weight excluding hydrogens is 418 g/mol. The van der Waals surface area contributed by atoms with Crippen molar-refractivity contribution in [2.24, 2.45) is 4.40 Å². The molecule has 2 aliphatic rings. The number of benzene rings is 2. The van der Waals surface area contributed by atoms with E-state index in [1.165, 1.54) is 6.07 Å². The Bertz CT molecular complexity index is 1150. The largest absolute Gasteiger partial charge is 0.497 e. The fourth-order valence-electron chi connectivity index (χ4n) is 2.71. The lowest BCUT2D eigenvalue weighted by Gasteiger charge is -2.16. The summed E-state index contributed by atoms with van der Waals surface area (Å²) in [4.78, 5) is 13.3. The van der Waals surface area contributed by atoms with Crippen LogP contribution in [0.5, 0.6) is 5.75 Å². The first-order chi connectivity index (χ1) is 13.4. The minimum atomic E-state index is -3.79. The van der Waals surface area contributed by atoms with Gasteiger partial charge < -0.3 is 4.74 Å². The lowest BCUT2D eigenvalue weighted by Crippen LogP contribution is -2.44. The molecule has 0 radical (unpaired) electrons. The smallest absolute Gasteiger partial charge is 0.285 e. The number of hydrazine groups is 1. The molecule has 0 spiro atoms. The highest BCUT2D eigenvalue weighted by Crippen LogP contribution is 2.33. The van der Waals surface area contributed by atoms with Gasteiger partial charge in [0, 0.05) is 5.56 Å². The molecule has 0 aromatic heterocycles. The molecule has 0 aliphatic carbocycles. The third-order valence-corrected chi connectivity index (χ3v) is 6.69. The fourth-order valence-corrected chi connectivity index (χ4v) is 5.06. The van der Waals surface area contributed by atoms with Crippen LogP contribution in [-0.2, 0) is 14.8 Å². The van der Waals surface area contributed by atoms with Gasteiger partial charge in [-0.25, -0.2) is 0 Å². The SMILES string of the molecule is COc1ccc(C=C2SC(=S)N(NC3=NS(=O)(=O)c4ccccc43)C2=O)cc1. The first-order valence-electron chi connectivity index (χ1n) is 8.02. The van der Waals surface area contributed by atoms with Gasteiger partial charge in [-0.05, 0) is 48.1 Å². The second-order valence-corrected chi connectivity index (χ2v) is 9.06. The Hall–Kier alpha value is -2.69. The maximum absolute atomic E-state index is 12.8. The number of nitrogens with zero attached hydrogens (tertiary/aromatic N) is 2. The van der Waals surface area contributed by atoms with Crippen LogP contribution >= 0.6 is 24.0 Å². The van der Waals surface area contributed by atoms with Crippen molar-refractivity contribution in [1.82, 2.24) is 10.4 Å². The van der Waals surface area contributed by atoms with Crippen molar-refractivity contribution in [1.29, 1.82) is 0 Å². The Morgan fingerprint density at radius 3 is 2.61 bits per heavy atom. The van der Waals surface area contributed by atoms with Crippen LogP contribution in [0.4, 0.5) is 0 Å². The third kappa shape index (κ3) is 3.30. The van der Waals surface area contributed by atoms with Crippen molar-refractivity contribution in [3.05, 3.63) is 64.6 Å². The Kier molecular flexibility index (Phi) is 4.69. The molecule has 1 saturated heterocycles. The van der Waals surface area contributed by atoms with Gasteiger partial charge in [0.25, 0.3) is 15.9 Å². The van der Waals surface area contributed by atoms with E-state index in [0.717, 1.165) is 22.3 Å². The predicted molar refractivity (Wildman–Crippen MR) is 111 cm³/mol. The lowest BCUT2D eigenvalue weighted by molar-refractivity contribution is -0.123. The van der Waals surface area contributed by atoms with Gasteiger partial charge >= 0.3 is 0 Å². The molecular formula is C18H13N3O4S3. The number of carbonyl (C=O) groups excluding carboxylic acids is 1. The molecule has 28 heavy (non-hydrogen) atoms. The molecule has 0 unspecified atom stereocenters. The minimum absolute atomic E-state index is 0.0672. The van der Waals surface area contributed by atoms with Crippen molar-refractivity contribution >= 4 is 56.1 Å². The highest BCUT2D eigenvalue weighted by Gasteiger charge is 2.36. The molecule has 0 bridgehead atoms. The number of sulfonamides is 1. The lowest BCUT2D eigenvalue weighted by atomic mass is 10.2. The summed E-state index contributed by atoms with van der Waals surface area (Å²) in [5.74, 6) is 0.401. The summed E-state index contributed by atoms with van der Waals surface area (Å²) in [7, 11) is -2.21. The van der Waals surface area contributed by atoms with Gasteiger partial charge in [0.15, 0.2) is 10.2 Å². The van der Waals surface area contributed by atoms with Gasteiger partial charge in [-0.15, -0.1) is 4.40 Å². The van der Waals surface area contributed by atoms with E-state index >= 15 is 0 Å². The van der Waals surface area contributed by atoms with E-state index in [4.69, 9.17) is 17.0 Å². The van der Waals surface area contributed by atoms with Crippen LogP contribution in [0.1, 0.15) is 11.1 Å². The van der Waals surface area contributed by atoms with Crippen LogP contribution in [0.2, 0.25) is 0 Å². The molecule has 2 aliphatic heterocycles. The molecule has 2 aromatic carbocycles. The van der Waals surface area contributed by atoms with Gasteiger partial charge in [0.1, 0.15) is 10.6 Å². The third-order valence-electron chi connectivity index (χ3n) is 4.06. The molecule has 10 heteroatoms. The quantitative estimate of drug-likeness (QED) is 0.590. The van der Waals surface area contributed by atoms with Crippen LogP contribution < -0.4 is 10.2 Å². The second-order valence-electron chi connectivity index (χ2n) is 5.81. The van der Waals surface area contributed by atoms with E-state index in [1.807, 2.05) is 12.1 Å². The number of amidine groups is 1. The molecule has 2 heterocycles. The second kappa shape index (κ2) is 7.04. The Labute approximate surface area is 171 Å². The van der Waals surface area contributed by atoms with Gasteiger partial charge in [0.2, 0.25) is 0 Å². The van der Waals surface area contributed by atoms with E-state index in [2.05, 4.69) is 9.82 Å². The molecule has 142 valence electrons. The van der Waals surface area contributed by atoms with Crippen LogP contribution in [0.15, 0.2) is 62.7 Å². The van der Waals surface area contributed by atoms with Crippen molar-refractivity contribution in [3.8, 4) is 5.75 Å². The number of hydrogen-bond donors (Lipinski definition) is 1.